The molecule has 144 valence electrons. The van der Waals surface area contributed by atoms with Crippen molar-refractivity contribution < 1.29 is 0 Å². The van der Waals surface area contributed by atoms with E-state index in [0.29, 0.717) is 0 Å². The molecule has 4 rings (SSSR count). The molecule has 5 heteroatoms. The van der Waals surface area contributed by atoms with Gasteiger partial charge in [0.25, 0.3) is 0 Å². The first-order valence-corrected chi connectivity index (χ1v) is 10.4. The van der Waals surface area contributed by atoms with Crippen molar-refractivity contribution >= 4 is 5.96 Å². The number of aliphatic imine (C=N–C) groups is 1. The molecule has 0 radical (unpaired) electrons. The Labute approximate surface area is 162 Å². The maximum absolute atomic E-state index is 4.97. The van der Waals surface area contributed by atoms with Gasteiger partial charge in [-0.2, -0.15) is 0 Å². The zero-order valence-corrected chi connectivity index (χ0v) is 16.3. The molecule has 1 saturated heterocycles. The van der Waals surface area contributed by atoms with Gasteiger partial charge in [0.2, 0.25) is 0 Å². The van der Waals surface area contributed by atoms with Crippen LogP contribution in [0.4, 0.5) is 0 Å². The smallest absolute Gasteiger partial charge is 0.194 e. The number of aromatic nitrogens is 2. The van der Waals surface area contributed by atoms with E-state index in [9.17, 15) is 0 Å². The van der Waals surface area contributed by atoms with Crippen molar-refractivity contribution in [3.63, 3.8) is 0 Å². The van der Waals surface area contributed by atoms with Gasteiger partial charge in [0, 0.05) is 38.6 Å². The maximum Gasteiger partial charge on any atom is 0.194 e. The van der Waals surface area contributed by atoms with Gasteiger partial charge in [0.1, 0.15) is 0 Å². The molecule has 1 aromatic heterocycles. The van der Waals surface area contributed by atoms with Crippen LogP contribution in [0, 0.1) is 11.8 Å². The molecule has 0 spiro atoms. The molecule has 2 fully saturated rings. The molecule has 2 atom stereocenters. The van der Waals surface area contributed by atoms with Crippen molar-refractivity contribution in [1.82, 2.24) is 19.8 Å². The van der Waals surface area contributed by atoms with E-state index in [1.54, 1.807) is 0 Å². The molecular weight excluding hydrogens is 334 g/mol. The lowest BCUT2D eigenvalue weighted by Gasteiger charge is -2.22. The second-order valence-electron chi connectivity index (χ2n) is 7.93. The maximum atomic E-state index is 4.97. The summed E-state index contributed by atoms with van der Waals surface area (Å²) < 4.78 is 2.10. The first-order chi connectivity index (χ1) is 13.3. The van der Waals surface area contributed by atoms with Gasteiger partial charge in [-0.3, -0.25) is 0 Å². The largest absolute Gasteiger partial charge is 0.357 e. The Balaban J connectivity index is 1.43. The Bertz CT molecular complexity index is 738. The molecule has 27 heavy (non-hydrogen) atoms. The van der Waals surface area contributed by atoms with Crippen molar-refractivity contribution in [2.45, 2.75) is 45.7 Å². The molecule has 1 aliphatic heterocycles. The average Bonchev–Trinajstić information content (AvgIpc) is 3.35. The molecule has 0 bridgehead atoms. The van der Waals surface area contributed by atoms with Gasteiger partial charge in [0.05, 0.1) is 12.9 Å². The average molecular weight is 366 g/mol. The summed E-state index contributed by atoms with van der Waals surface area (Å²) in [4.78, 5) is 11.6. The third kappa shape index (κ3) is 4.52. The normalized spacial score (nSPS) is 22.7. The number of benzene rings is 1. The van der Waals surface area contributed by atoms with E-state index < -0.39 is 0 Å². The van der Waals surface area contributed by atoms with Gasteiger partial charge < -0.3 is 14.8 Å². The van der Waals surface area contributed by atoms with Crippen LogP contribution in [-0.4, -0.2) is 40.0 Å². The number of rotatable bonds is 5. The quantitative estimate of drug-likeness (QED) is 0.651. The molecule has 2 heterocycles. The van der Waals surface area contributed by atoms with Crippen LogP contribution in [0.2, 0.25) is 0 Å². The number of imidazole rings is 1. The molecule has 2 aromatic rings. The van der Waals surface area contributed by atoms with Crippen molar-refractivity contribution in [1.29, 1.82) is 0 Å². The number of fused-ring (bicyclic) bond motifs is 1. The number of likely N-dealkylation sites (tertiary alicyclic amines) is 1. The summed E-state index contributed by atoms with van der Waals surface area (Å²) in [7, 11) is 0. The van der Waals surface area contributed by atoms with Gasteiger partial charge in [-0.15, -0.1) is 0 Å². The first-order valence-electron chi connectivity index (χ1n) is 10.4. The molecule has 1 aliphatic carbocycles. The highest BCUT2D eigenvalue weighted by Crippen LogP contribution is 2.36. The lowest BCUT2D eigenvalue weighted by molar-refractivity contribution is 0.299. The van der Waals surface area contributed by atoms with E-state index in [1.807, 2.05) is 18.7 Å². The second-order valence-corrected chi connectivity index (χ2v) is 7.93. The predicted octanol–water partition coefficient (Wildman–Crippen LogP) is 3.52. The number of hydrogen-bond donors (Lipinski definition) is 1. The third-order valence-electron chi connectivity index (χ3n) is 5.94. The van der Waals surface area contributed by atoms with Gasteiger partial charge in [-0.1, -0.05) is 37.1 Å². The van der Waals surface area contributed by atoms with Crippen LogP contribution >= 0.6 is 0 Å². The van der Waals surface area contributed by atoms with E-state index in [0.717, 1.165) is 37.4 Å². The zero-order valence-electron chi connectivity index (χ0n) is 16.3. The number of hydrogen-bond acceptors (Lipinski definition) is 2. The highest BCUT2D eigenvalue weighted by Gasteiger charge is 2.35. The Morgan fingerprint density at radius 3 is 2.67 bits per heavy atom. The summed E-state index contributed by atoms with van der Waals surface area (Å²) in [6, 6.07) is 8.74. The van der Waals surface area contributed by atoms with Crippen LogP contribution in [0.25, 0.3) is 0 Å². The molecule has 1 saturated carbocycles. The SMILES string of the molecule is CCNC(=NCc1cccc(Cn2ccnc2)c1)N1CC2CCCCC2C1. The van der Waals surface area contributed by atoms with Crippen LogP contribution in [-0.2, 0) is 13.1 Å². The van der Waals surface area contributed by atoms with Crippen LogP contribution in [0.1, 0.15) is 43.7 Å². The lowest BCUT2D eigenvalue weighted by atomic mass is 9.82. The van der Waals surface area contributed by atoms with Crippen molar-refractivity contribution in [3.8, 4) is 0 Å². The van der Waals surface area contributed by atoms with Crippen molar-refractivity contribution in [2.75, 3.05) is 19.6 Å². The molecule has 2 aliphatic rings. The summed E-state index contributed by atoms with van der Waals surface area (Å²) >= 11 is 0. The second kappa shape index (κ2) is 8.59. The number of nitrogens with zero attached hydrogens (tertiary/aromatic N) is 4. The minimum atomic E-state index is 0.728. The third-order valence-corrected chi connectivity index (χ3v) is 5.94. The zero-order chi connectivity index (χ0) is 18.5. The Kier molecular flexibility index (Phi) is 5.75. The highest BCUT2D eigenvalue weighted by molar-refractivity contribution is 5.80. The summed E-state index contributed by atoms with van der Waals surface area (Å²) in [5.41, 5.74) is 2.55. The summed E-state index contributed by atoms with van der Waals surface area (Å²) in [5.74, 6) is 2.84. The van der Waals surface area contributed by atoms with Gasteiger partial charge in [0.15, 0.2) is 5.96 Å². The molecule has 2 unspecified atom stereocenters. The van der Waals surface area contributed by atoms with Crippen LogP contribution in [0.5, 0.6) is 0 Å². The minimum Gasteiger partial charge on any atom is -0.357 e. The Hall–Kier alpha value is -2.30. The van der Waals surface area contributed by atoms with E-state index in [2.05, 4.69) is 51.0 Å². The number of guanidine groups is 1. The monoisotopic (exact) mass is 365 g/mol. The Morgan fingerprint density at radius 1 is 1.19 bits per heavy atom. The molecular formula is C22H31N5. The fourth-order valence-corrected chi connectivity index (χ4v) is 4.59. The fourth-order valence-electron chi connectivity index (χ4n) is 4.59. The standard InChI is InChI=1S/C22H31N5/c1-2-24-22(27-15-20-8-3-4-9-21(20)16-27)25-13-18-6-5-7-19(12-18)14-26-11-10-23-17-26/h5-7,10-12,17,20-21H,2-4,8-9,13-16H2,1H3,(H,24,25). The van der Waals surface area contributed by atoms with Crippen LogP contribution in [0.15, 0.2) is 48.0 Å². The van der Waals surface area contributed by atoms with Gasteiger partial charge >= 0.3 is 0 Å². The fraction of sp³-hybridized carbons (Fsp3) is 0.545. The van der Waals surface area contributed by atoms with Crippen molar-refractivity contribution in [3.05, 3.63) is 54.1 Å². The number of nitrogens with one attached hydrogen (secondary N) is 1. The topological polar surface area (TPSA) is 45.5 Å². The van der Waals surface area contributed by atoms with Crippen LogP contribution in [0.3, 0.4) is 0 Å². The Morgan fingerprint density at radius 2 is 1.96 bits per heavy atom. The first kappa shape index (κ1) is 18.1. The lowest BCUT2D eigenvalue weighted by Crippen LogP contribution is -2.40. The van der Waals surface area contributed by atoms with E-state index in [-0.39, 0.29) is 0 Å². The van der Waals surface area contributed by atoms with Crippen molar-refractivity contribution in [2.24, 2.45) is 16.8 Å². The van der Waals surface area contributed by atoms with E-state index in [4.69, 9.17) is 4.99 Å². The van der Waals surface area contributed by atoms with Gasteiger partial charge in [-0.25, -0.2) is 9.98 Å². The summed E-state index contributed by atoms with van der Waals surface area (Å²) in [6.45, 7) is 7.02. The predicted molar refractivity (Wildman–Crippen MR) is 110 cm³/mol. The summed E-state index contributed by atoms with van der Waals surface area (Å²) in [5, 5.41) is 3.52. The summed E-state index contributed by atoms with van der Waals surface area (Å²) in [6.07, 6.45) is 11.3. The van der Waals surface area contributed by atoms with Crippen LogP contribution < -0.4 is 5.32 Å². The molecule has 0 amide bonds. The molecule has 5 nitrogen and oxygen atoms in total. The van der Waals surface area contributed by atoms with Gasteiger partial charge in [-0.05, 0) is 42.7 Å². The van der Waals surface area contributed by atoms with E-state index in [1.165, 1.54) is 49.9 Å². The molecule has 1 N–H and O–H groups in total. The molecule has 1 aromatic carbocycles. The minimum absolute atomic E-state index is 0.728. The highest BCUT2D eigenvalue weighted by atomic mass is 15.3. The van der Waals surface area contributed by atoms with E-state index >= 15 is 0 Å².